The number of fused-ring (bicyclic) bond motifs is 1. The van der Waals surface area contributed by atoms with Crippen LogP contribution in [0.3, 0.4) is 0 Å². The smallest absolute Gasteiger partial charge is 0.0710 e. The molecule has 4 aromatic rings. The number of benzene rings is 3. The largest absolute Gasteiger partial charge is 0.256 e. The summed E-state index contributed by atoms with van der Waals surface area (Å²) in [6.45, 7) is 6.82. The zero-order valence-corrected chi connectivity index (χ0v) is 21.1. The second kappa shape index (κ2) is 8.34. The molecule has 0 spiro atoms. The Balaban J connectivity index is 1.38. The molecular weight excluding hydrogens is 428 g/mol. The summed E-state index contributed by atoms with van der Waals surface area (Å²) in [6, 6.07) is 30.6. The van der Waals surface area contributed by atoms with E-state index in [4.69, 9.17) is 9.98 Å². The fourth-order valence-corrected chi connectivity index (χ4v) is 5.91. The van der Waals surface area contributed by atoms with E-state index in [9.17, 15) is 0 Å². The van der Waals surface area contributed by atoms with Crippen LogP contribution in [0.2, 0.25) is 13.1 Å². The van der Waals surface area contributed by atoms with Gasteiger partial charge >= 0.3 is 0 Å². The maximum atomic E-state index is 5.05. The van der Waals surface area contributed by atoms with E-state index in [1.54, 1.807) is 0 Å². The third kappa shape index (κ3) is 3.66. The normalized spacial score (nSPS) is 18.7. The van der Waals surface area contributed by atoms with Crippen molar-refractivity contribution >= 4 is 25.4 Å². The van der Waals surface area contributed by atoms with Crippen molar-refractivity contribution in [3.63, 3.8) is 0 Å². The number of aliphatic imine (C=N–C) groups is 1. The van der Waals surface area contributed by atoms with Crippen LogP contribution in [-0.4, -0.2) is 19.5 Å². The minimum Gasteiger partial charge on any atom is -0.256 e. The molecule has 2 heterocycles. The maximum absolute atomic E-state index is 5.05. The summed E-state index contributed by atoms with van der Waals surface area (Å²) in [7, 11) is -0.838. The monoisotopic (exact) mass is 456 g/mol. The van der Waals surface area contributed by atoms with Crippen LogP contribution in [0.25, 0.3) is 28.1 Å². The average Bonchev–Trinajstić information content (AvgIpc) is 3.61. The van der Waals surface area contributed by atoms with Crippen LogP contribution in [0.4, 0.5) is 0 Å². The van der Waals surface area contributed by atoms with Crippen molar-refractivity contribution in [2.24, 2.45) is 4.99 Å². The topological polar surface area (TPSA) is 25.2 Å². The summed E-state index contributed by atoms with van der Waals surface area (Å²) in [6.07, 6.45) is 3.15. The molecule has 6 rings (SSSR count). The predicted octanol–water partition coefficient (Wildman–Crippen LogP) is 6.83. The summed E-state index contributed by atoms with van der Waals surface area (Å²) < 4.78 is 0. The highest BCUT2D eigenvalue weighted by Gasteiger charge is 2.38. The Labute approximate surface area is 203 Å². The number of hydrogen-bond donors (Lipinski definition) is 0. The van der Waals surface area contributed by atoms with Gasteiger partial charge in [0.1, 0.15) is 0 Å². The number of aromatic nitrogens is 1. The van der Waals surface area contributed by atoms with Crippen LogP contribution in [0, 0.1) is 0 Å². The van der Waals surface area contributed by atoms with Gasteiger partial charge in [0.2, 0.25) is 0 Å². The van der Waals surface area contributed by atoms with Gasteiger partial charge in [-0.1, -0.05) is 85.9 Å². The van der Waals surface area contributed by atoms with E-state index >= 15 is 0 Å². The van der Waals surface area contributed by atoms with E-state index in [1.165, 1.54) is 49.8 Å². The Morgan fingerprint density at radius 2 is 1.56 bits per heavy atom. The molecule has 1 fully saturated rings. The molecule has 2 nitrogen and oxygen atoms in total. The van der Waals surface area contributed by atoms with Crippen LogP contribution in [0.5, 0.6) is 0 Å². The zero-order chi connectivity index (χ0) is 23.2. The quantitative estimate of drug-likeness (QED) is 0.309. The molecule has 0 amide bonds. The first-order chi connectivity index (χ1) is 16.6. The lowest BCUT2D eigenvalue weighted by Gasteiger charge is -2.10. The minimum atomic E-state index is -0.838. The molecule has 2 aliphatic rings. The Hall–Kier alpha value is -3.56. The van der Waals surface area contributed by atoms with E-state index in [0.29, 0.717) is 5.92 Å². The SMILES string of the molecule is CC1=N/C(=C2\CC2c2ccccc2-c2ccc([SiH](C)C)cn2)c2cc(-c3ccccc3)ccc21. The maximum Gasteiger partial charge on any atom is 0.0710 e. The van der Waals surface area contributed by atoms with Gasteiger partial charge in [0.15, 0.2) is 0 Å². The summed E-state index contributed by atoms with van der Waals surface area (Å²) in [5, 5.41) is 1.41. The van der Waals surface area contributed by atoms with Gasteiger partial charge in [0, 0.05) is 34.5 Å². The van der Waals surface area contributed by atoms with Crippen molar-refractivity contribution in [2.75, 3.05) is 0 Å². The van der Waals surface area contributed by atoms with Gasteiger partial charge in [-0.2, -0.15) is 0 Å². The highest BCUT2D eigenvalue weighted by molar-refractivity contribution is 6.70. The predicted molar refractivity (Wildman–Crippen MR) is 147 cm³/mol. The molecule has 1 atom stereocenters. The summed E-state index contributed by atoms with van der Waals surface area (Å²) >= 11 is 0. The number of rotatable bonds is 4. The molecule has 0 N–H and O–H groups in total. The molecule has 3 aromatic carbocycles. The van der Waals surface area contributed by atoms with Crippen LogP contribution in [0.15, 0.2) is 102 Å². The molecule has 34 heavy (non-hydrogen) atoms. The van der Waals surface area contributed by atoms with Crippen LogP contribution < -0.4 is 5.19 Å². The number of pyridine rings is 1. The molecule has 166 valence electrons. The molecule has 0 bridgehead atoms. The summed E-state index contributed by atoms with van der Waals surface area (Å²) in [5.74, 6) is 0.412. The van der Waals surface area contributed by atoms with E-state index in [2.05, 4.69) is 111 Å². The summed E-state index contributed by atoms with van der Waals surface area (Å²) in [4.78, 5) is 9.90. The second-order valence-electron chi connectivity index (χ2n) is 9.67. The second-order valence-corrected chi connectivity index (χ2v) is 12.6. The zero-order valence-electron chi connectivity index (χ0n) is 19.9. The van der Waals surface area contributed by atoms with Crippen LogP contribution in [-0.2, 0) is 0 Å². The van der Waals surface area contributed by atoms with E-state index in [-0.39, 0.29) is 0 Å². The fraction of sp³-hybridized carbons (Fsp3) is 0.161. The highest BCUT2D eigenvalue weighted by atomic mass is 28.3. The Bertz CT molecular complexity index is 1450. The third-order valence-electron chi connectivity index (χ3n) is 7.10. The number of nitrogens with zero attached hydrogens (tertiary/aromatic N) is 2. The van der Waals surface area contributed by atoms with Gasteiger partial charge in [-0.25, -0.2) is 0 Å². The van der Waals surface area contributed by atoms with Crippen LogP contribution >= 0.6 is 0 Å². The van der Waals surface area contributed by atoms with Gasteiger partial charge < -0.3 is 0 Å². The van der Waals surface area contributed by atoms with Crippen molar-refractivity contribution in [1.29, 1.82) is 0 Å². The van der Waals surface area contributed by atoms with Gasteiger partial charge in [0.05, 0.1) is 20.2 Å². The lowest BCUT2D eigenvalue weighted by atomic mass is 9.96. The first kappa shape index (κ1) is 21.0. The van der Waals surface area contributed by atoms with Crippen molar-refractivity contribution in [3.05, 3.63) is 113 Å². The van der Waals surface area contributed by atoms with Crippen molar-refractivity contribution in [1.82, 2.24) is 4.98 Å². The van der Waals surface area contributed by atoms with Crippen molar-refractivity contribution in [3.8, 4) is 22.4 Å². The summed E-state index contributed by atoms with van der Waals surface area (Å²) in [5.41, 5.74) is 12.5. The standard InChI is InChI=1S/C31H28N2Si/c1-20-24-15-13-22(21-9-5-4-6-10-21)17-28(24)31(33-20)29-18-27(29)25-11-7-8-12-26(25)30-16-14-23(19-32-30)34(2)3/h4-17,19,27,34H,18H2,1-3H3/b31-29+. The van der Waals surface area contributed by atoms with E-state index in [1.807, 2.05) is 0 Å². The molecule has 1 aromatic heterocycles. The third-order valence-corrected chi connectivity index (χ3v) is 8.78. The van der Waals surface area contributed by atoms with Gasteiger partial charge in [0.25, 0.3) is 0 Å². The minimum absolute atomic E-state index is 0.412. The molecular formula is C31H28N2Si. The van der Waals surface area contributed by atoms with Gasteiger partial charge in [-0.15, -0.1) is 0 Å². The number of allylic oxidation sites excluding steroid dienone is 1. The lowest BCUT2D eigenvalue weighted by molar-refractivity contribution is 1.15. The molecule has 0 radical (unpaired) electrons. The van der Waals surface area contributed by atoms with E-state index in [0.717, 1.165) is 17.8 Å². The molecule has 1 unspecified atom stereocenters. The highest BCUT2D eigenvalue weighted by Crippen LogP contribution is 2.54. The lowest BCUT2D eigenvalue weighted by Crippen LogP contribution is -2.22. The first-order valence-electron chi connectivity index (χ1n) is 12.1. The van der Waals surface area contributed by atoms with Crippen molar-refractivity contribution < 1.29 is 0 Å². The van der Waals surface area contributed by atoms with Gasteiger partial charge in [-0.05, 0) is 52.9 Å². The Morgan fingerprint density at radius 3 is 2.32 bits per heavy atom. The average molecular weight is 457 g/mol. The molecule has 0 saturated heterocycles. The van der Waals surface area contributed by atoms with E-state index < -0.39 is 8.80 Å². The molecule has 1 aliphatic heterocycles. The van der Waals surface area contributed by atoms with Gasteiger partial charge in [-0.3, -0.25) is 9.98 Å². The van der Waals surface area contributed by atoms with Crippen LogP contribution in [0.1, 0.15) is 36.0 Å². The Morgan fingerprint density at radius 1 is 0.765 bits per heavy atom. The number of hydrogen-bond acceptors (Lipinski definition) is 2. The molecule has 1 saturated carbocycles. The molecule has 1 aliphatic carbocycles. The fourth-order valence-electron chi connectivity index (χ4n) is 5.06. The Kier molecular flexibility index (Phi) is 5.15. The first-order valence-corrected chi connectivity index (χ1v) is 15.0. The van der Waals surface area contributed by atoms with Crippen molar-refractivity contribution in [2.45, 2.75) is 32.4 Å². The molecule has 3 heteroatoms.